The van der Waals surface area contributed by atoms with E-state index in [0.29, 0.717) is 23.7 Å². The Labute approximate surface area is 149 Å². The SMILES string of the molecule is CCOc1ccccc1NC(=O)c1ccc(N2CCC(C)CC2)cn1. The molecule has 132 valence electrons. The second-order valence-corrected chi connectivity index (χ2v) is 6.45. The summed E-state index contributed by atoms with van der Waals surface area (Å²) in [5.74, 6) is 1.23. The van der Waals surface area contributed by atoms with Crippen molar-refractivity contribution in [1.29, 1.82) is 0 Å². The van der Waals surface area contributed by atoms with E-state index in [0.717, 1.165) is 24.7 Å². The van der Waals surface area contributed by atoms with Gasteiger partial charge in [-0.3, -0.25) is 4.79 Å². The first kappa shape index (κ1) is 17.3. The predicted molar refractivity (Wildman–Crippen MR) is 100 cm³/mol. The third-order valence-corrected chi connectivity index (χ3v) is 4.56. The number of carbonyl (C=O) groups excluding carboxylic acids is 1. The number of nitrogens with zero attached hydrogens (tertiary/aromatic N) is 2. The highest BCUT2D eigenvalue weighted by molar-refractivity contribution is 6.03. The fraction of sp³-hybridized carbons (Fsp3) is 0.400. The van der Waals surface area contributed by atoms with Crippen LogP contribution in [0.5, 0.6) is 5.75 Å². The topological polar surface area (TPSA) is 54.5 Å². The minimum absolute atomic E-state index is 0.231. The Morgan fingerprint density at radius 1 is 1.24 bits per heavy atom. The van der Waals surface area contributed by atoms with Gasteiger partial charge in [-0.25, -0.2) is 4.98 Å². The molecular weight excluding hydrogens is 314 g/mol. The van der Waals surface area contributed by atoms with Gasteiger partial charge in [-0.2, -0.15) is 0 Å². The van der Waals surface area contributed by atoms with Crippen LogP contribution in [0.1, 0.15) is 37.2 Å². The number of benzene rings is 1. The fourth-order valence-corrected chi connectivity index (χ4v) is 3.01. The second kappa shape index (κ2) is 8.01. The molecule has 25 heavy (non-hydrogen) atoms. The van der Waals surface area contributed by atoms with Gasteiger partial charge in [-0.05, 0) is 49.9 Å². The number of rotatable bonds is 5. The van der Waals surface area contributed by atoms with Crippen LogP contribution < -0.4 is 15.0 Å². The van der Waals surface area contributed by atoms with Gasteiger partial charge in [0.15, 0.2) is 0 Å². The maximum Gasteiger partial charge on any atom is 0.274 e. The van der Waals surface area contributed by atoms with Crippen LogP contribution in [0.15, 0.2) is 42.6 Å². The third-order valence-electron chi connectivity index (χ3n) is 4.56. The Balaban J connectivity index is 1.67. The molecule has 0 aliphatic carbocycles. The van der Waals surface area contributed by atoms with E-state index in [4.69, 9.17) is 4.74 Å². The molecule has 1 fully saturated rings. The quantitative estimate of drug-likeness (QED) is 0.895. The number of pyridine rings is 1. The van der Waals surface area contributed by atoms with Crippen molar-refractivity contribution in [3.8, 4) is 5.75 Å². The van der Waals surface area contributed by atoms with Gasteiger partial charge in [0.2, 0.25) is 0 Å². The molecule has 1 N–H and O–H groups in total. The van der Waals surface area contributed by atoms with E-state index in [1.54, 1.807) is 12.3 Å². The summed E-state index contributed by atoms with van der Waals surface area (Å²) in [6.45, 7) is 6.86. The summed E-state index contributed by atoms with van der Waals surface area (Å²) in [7, 11) is 0. The van der Waals surface area contributed by atoms with E-state index in [1.807, 2.05) is 37.3 Å². The summed E-state index contributed by atoms with van der Waals surface area (Å²) in [6.07, 6.45) is 4.20. The molecule has 1 aliphatic heterocycles. The minimum atomic E-state index is -0.231. The number of para-hydroxylation sites is 2. The number of amides is 1. The Hall–Kier alpha value is -2.56. The molecule has 0 bridgehead atoms. The zero-order chi connectivity index (χ0) is 17.6. The molecule has 0 spiro atoms. The van der Waals surface area contributed by atoms with Crippen molar-refractivity contribution in [1.82, 2.24) is 4.98 Å². The molecule has 3 rings (SSSR count). The number of hydrogen-bond acceptors (Lipinski definition) is 4. The molecule has 1 aliphatic rings. The highest BCUT2D eigenvalue weighted by atomic mass is 16.5. The van der Waals surface area contributed by atoms with Crippen molar-refractivity contribution in [3.63, 3.8) is 0 Å². The Morgan fingerprint density at radius 3 is 2.68 bits per heavy atom. The summed E-state index contributed by atoms with van der Waals surface area (Å²) >= 11 is 0. The van der Waals surface area contributed by atoms with Crippen LogP contribution in [-0.2, 0) is 0 Å². The Bertz CT molecular complexity index is 707. The molecule has 0 unspecified atom stereocenters. The van der Waals surface area contributed by atoms with Gasteiger partial charge in [-0.15, -0.1) is 0 Å². The molecule has 0 radical (unpaired) electrons. The molecule has 2 aromatic rings. The van der Waals surface area contributed by atoms with Gasteiger partial charge in [0.1, 0.15) is 11.4 Å². The lowest BCUT2D eigenvalue weighted by Crippen LogP contribution is -2.32. The van der Waals surface area contributed by atoms with Gasteiger partial charge >= 0.3 is 0 Å². The molecule has 2 heterocycles. The van der Waals surface area contributed by atoms with Crippen LogP contribution in [0.2, 0.25) is 0 Å². The van der Waals surface area contributed by atoms with E-state index >= 15 is 0 Å². The molecule has 1 saturated heterocycles. The lowest BCUT2D eigenvalue weighted by molar-refractivity contribution is 0.102. The first-order valence-electron chi connectivity index (χ1n) is 8.91. The predicted octanol–water partition coefficient (Wildman–Crippen LogP) is 3.97. The molecule has 1 aromatic heterocycles. The maximum atomic E-state index is 12.5. The monoisotopic (exact) mass is 339 g/mol. The summed E-state index contributed by atoms with van der Waals surface area (Å²) in [6, 6.07) is 11.2. The van der Waals surface area contributed by atoms with Crippen molar-refractivity contribution >= 4 is 17.3 Å². The number of piperidine rings is 1. The van der Waals surface area contributed by atoms with Crippen molar-refractivity contribution in [2.24, 2.45) is 5.92 Å². The normalized spacial score (nSPS) is 15.0. The van der Waals surface area contributed by atoms with Crippen LogP contribution in [0.25, 0.3) is 0 Å². The largest absolute Gasteiger partial charge is 0.492 e. The molecule has 1 aromatic carbocycles. The highest BCUT2D eigenvalue weighted by Gasteiger charge is 2.17. The summed E-state index contributed by atoms with van der Waals surface area (Å²) in [5, 5.41) is 2.88. The van der Waals surface area contributed by atoms with Crippen molar-refractivity contribution in [3.05, 3.63) is 48.3 Å². The summed E-state index contributed by atoms with van der Waals surface area (Å²) in [4.78, 5) is 19.1. The molecule has 1 amide bonds. The summed E-state index contributed by atoms with van der Waals surface area (Å²) in [5.41, 5.74) is 2.14. The Kier molecular flexibility index (Phi) is 5.53. The van der Waals surface area contributed by atoms with E-state index < -0.39 is 0 Å². The van der Waals surface area contributed by atoms with E-state index in [2.05, 4.69) is 22.1 Å². The van der Waals surface area contributed by atoms with Gasteiger partial charge in [0, 0.05) is 13.1 Å². The van der Waals surface area contributed by atoms with Crippen molar-refractivity contribution in [2.45, 2.75) is 26.7 Å². The fourth-order valence-electron chi connectivity index (χ4n) is 3.01. The maximum absolute atomic E-state index is 12.5. The summed E-state index contributed by atoms with van der Waals surface area (Å²) < 4.78 is 5.54. The zero-order valence-corrected chi connectivity index (χ0v) is 14.9. The molecule has 0 saturated carbocycles. The number of aromatic nitrogens is 1. The van der Waals surface area contributed by atoms with Crippen LogP contribution in [0, 0.1) is 5.92 Å². The Morgan fingerprint density at radius 2 is 2.00 bits per heavy atom. The second-order valence-electron chi connectivity index (χ2n) is 6.45. The standard InChI is InChI=1S/C20H25N3O2/c1-3-25-19-7-5-4-6-17(19)22-20(24)18-9-8-16(14-21-18)23-12-10-15(2)11-13-23/h4-9,14-15H,3,10-13H2,1-2H3,(H,22,24). The van der Waals surface area contributed by atoms with Gasteiger partial charge in [0.25, 0.3) is 5.91 Å². The van der Waals surface area contributed by atoms with Gasteiger partial charge in [-0.1, -0.05) is 19.1 Å². The number of nitrogens with one attached hydrogen (secondary N) is 1. The highest BCUT2D eigenvalue weighted by Crippen LogP contribution is 2.25. The van der Waals surface area contributed by atoms with E-state index in [9.17, 15) is 4.79 Å². The van der Waals surface area contributed by atoms with Crippen molar-refractivity contribution in [2.75, 3.05) is 29.9 Å². The van der Waals surface area contributed by atoms with Crippen LogP contribution >= 0.6 is 0 Å². The average Bonchev–Trinajstić information content (AvgIpc) is 2.64. The number of ether oxygens (including phenoxy) is 1. The van der Waals surface area contributed by atoms with E-state index in [-0.39, 0.29) is 5.91 Å². The minimum Gasteiger partial charge on any atom is -0.492 e. The average molecular weight is 339 g/mol. The zero-order valence-electron chi connectivity index (χ0n) is 14.9. The molecule has 5 heteroatoms. The first-order valence-corrected chi connectivity index (χ1v) is 8.91. The number of anilines is 2. The lowest BCUT2D eigenvalue weighted by atomic mass is 9.99. The van der Waals surface area contributed by atoms with Crippen LogP contribution in [-0.4, -0.2) is 30.6 Å². The van der Waals surface area contributed by atoms with Crippen LogP contribution in [0.3, 0.4) is 0 Å². The lowest BCUT2D eigenvalue weighted by Gasteiger charge is -2.31. The van der Waals surface area contributed by atoms with E-state index in [1.165, 1.54) is 12.8 Å². The molecule has 5 nitrogen and oxygen atoms in total. The van der Waals surface area contributed by atoms with Crippen LogP contribution in [0.4, 0.5) is 11.4 Å². The first-order chi connectivity index (χ1) is 12.2. The van der Waals surface area contributed by atoms with Crippen molar-refractivity contribution < 1.29 is 9.53 Å². The molecule has 0 atom stereocenters. The van der Waals surface area contributed by atoms with Gasteiger partial charge in [0.05, 0.1) is 24.2 Å². The van der Waals surface area contributed by atoms with Gasteiger partial charge < -0.3 is 15.0 Å². The number of carbonyl (C=O) groups is 1. The molecular formula is C20H25N3O2. The smallest absolute Gasteiger partial charge is 0.274 e. The number of hydrogen-bond donors (Lipinski definition) is 1. The third kappa shape index (κ3) is 4.29.